The topological polar surface area (TPSA) is 291 Å². The smallest absolute Gasteiger partial charge is 0.407 e. The number of ether oxygens (including phenoxy) is 5. The van der Waals surface area contributed by atoms with Gasteiger partial charge in [-0.3, -0.25) is 4.79 Å². The van der Waals surface area contributed by atoms with Gasteiger partial charge in [-0.15, -0.1) is 11.7 Å². The number of rotatable bonds is 18. The number of amides is 1. The van der Waals surface area contributed by atoms with E-state index in [1.54, 1.807) is 20.8 Å². The minimum atomic E-state index is -5.14. The van der Waals surface area contributed by atoms with E-state index in [-0.39, 0.29) is 108 Å². The second-order valence-electron chi connectivity index (χ2n) is 32.8. The summed E-state index contributed by atoms with van der Waals surface area (Å²) in [7, 11) is 2.75. The van der Waals surface area contributed by atoms with Crippen LogP contribution in [0.1, 0.15) is 230 Å². The number of carbonyl (C=O) groups excluding carboxylic acids is 2. The maximum atomic E-state index is 13.4. The number of halogens is 15. The Hall–Kier alpha value is -5.48. The molecule has 7 aliphatic carbocycles. The maximum Gasteiger partial charge on any atom is 0.407 e. The number of nitrogens with one attached hydrogen (secondary N) is 4. The lowest BCUT2D eigenvalue weighted by molar-refractivity contribution is -0.144. The number of fused-ring (bicyclic) bond motifs is 2. The van der Waals surface area contributed by atoms with Crippen LogP contribution in [-0.2, 0) is 28.5 Å². The van der Waals surface area contributed by atoms with Crippen molar-refractivity contribution in [3.63, 3.8) is 0 Å². The van der Waals surface area contributed by atoms with Crippen LogP contribution in [0.25, 0.3) is 0 Å². The second-order valence-corrected chi connectivity index (χ2v) is 34.1. The van der Waals surface area contributed by atoms with Crippen LogP contribution in [0.3, 0.4) is 0 Å². The number of carbonyl (C=O) groups is 2. The molecule has 7 saturated carbocycles. The van der Waals surface area contributed by atoms with Gasteiger partial charge in [-0.2, -0.15) is 4.31 Å². The fourth-order valence-electron chi connectivity index (χ4n) is 14.6. The molecule has 2 heterocycles. The summed E-state index contributed by atoms with van der Waals surface area (Å²) in [5, 5.41) is 58.9. The van der Waals surface area contributed by atoms with Crippen molar-refractivity contribution in [1.29, 1.82) is 0 Å². The molecule has 1 amide bonds. The summed E-state index contributed by atoms with van der Waals surface area (Å²) < 4.78 is 218. The number of nitrogens with zero attached hydrogens (tertiary/aromatic N) is 1. The summed E-state index contributed by atoms with van der Waals surface area (Å²) in [5.74, 6) is -17.2. The molecule has 13 N–H and O–H groups in total. The van der Waals surface area contributed by atoms with E-state index in [9.17, 15) is 94.4 Å². The summed E-state index contributed by atoms with van der Waals surface area (Å²) in [5.41, 5.74) is 14.5. The van der Waals surface area contributed by atoms with E-state index in [0.717, 1.165) is 42.4 Å². The van der Waals surface area contributed by atoms with E-state index in [0.29, 0.717) is 80.4 Å². The number of ketones is 1. The number of methoxy groups -OCH3 is 2. The molecular weight excluding hydrogens is 1630 g/mol. The lowest BCUT2D eigenvalue weighted by Gasteiger charge is -2.36. The number of hydrogen-bond donors (Lipinski definition) is 11. The Morgan fingerprint density at radius 3 is 1.08 bits per heavy atom. The van der Waals surface area contributed by atoms with E-state index >= 15 is 0 Å². The van der Waals surface area contributed by atoms with Crippen molar-refractivity contribution in [3.8, 4) is 0 Å². The van der Waals surface area contributed by atoms with Crippen molar-refractivity contribution >= 4 is 23.2 Å². The lowest BCUT2D eigenvalue weighted by Crippen LogP contribution is -2.54. The van der Waals surface area contributed by atoms with Crippen molar-refractivity contribution in [1.82, 2.24) is 25.6 Å². The van der Waals surface area contributed by atoms with Crippen LogP contribution in [0.2, 0.25) is 0 Å². The summed E-state index contributed by atoms with van der Waals surface area (Å²) in [6.45, 7) is 12.7. The number of benzene rings is 4. The third-order valence-electron chi connectivity index (χ3n) is 21.8. The fraction of sp³-hybridized carbons (Fsp3) is 0.694. The number of hydrogen-bond acceptors (Lipinski definition) is 18. The van der Waals surface area contributed by atoms with Gasteiger partial charge < -0.3 is 82.0 Å². The highest BCUT2D eigenvalue weighted by atomic mass is 32.3. The maximum absolute atomic E-state index is 13.4. The molecule has 0 radical (unpaired) electrons. The summed E-state index contributed by atoms with van der Waals surface area (Å²) in [6, 6.07) is 35.7. The Balaban J connectivity index is 0.000000244. The number of Topliss-reactive ketones (excluding diaryl/α,β-unsaturated/α-hetero) is 1. The molecule has 13 rings (SSSR count). The molecule has 4 aromatic rings. The summed E-state index contributed by atoms with van der Waals surface area (Å²) in [4.78, 5) is 22.1. The van der Waals surface area contributed by atoms with Crippen molar-refractivity contribution in [2.75, 3.05) is 40.5 Å². The second kappa shape index (κ2) is 48.9. The van der Waals surface area contributed by atoms with E-state index in [1.807, 2.05) is 149 Å². The molecule has 0 spiro atoms. The number of alkyl carbamates (subject to hydrolysis) is 1. The average Bonchev–Trinajstić information content (AvgIpc) is 1.61. The molecule has 9 fully saturated rings. The van der Waals surface area contributed by atoms with Crippen LogP contribution in [-0.4, -0.2) is 209 Å². The number of nitrogens with two attached hydrogens (primary N) is 2. The molecule has 9 aliphatic rings. The van der Waals surface area contributed by atoms with Gasteiger partial charge >= 0.3 is 6.09 Å². The summed E-state index contributed by atoms with van der Waals surface area (Å²) >= 11 is -5.14. The molecule has 4 unspecified atom stereocenters. The van der Waals surface area contributed by atoms with Crippen LogP contribution in [0.4, 0.5) is 69.1 Å². The monoisotopic (exact) mass is 1760 g/mol. The minimum absolute atomic E-state index is 0.0220. The molecule has 0 bridgehead atoms. The lowest BCUT2D eigenvalue weighted by atomic mass is 9.88. The van der Waals surface area contributed by atoms with Crippen LogP contribution in [0, 0.1) is 0 Å². The highest BCUT2D eigenvalue weighted by Gasteiger charge is 2.59. The zero-order chi connectivity index (χ0) is 89.6. The van der Waals surface area contributed by atoms with Gasteiger partial charge in [0.1, 0.15) is 48.3 Å². The Bertz CT molecular complexity index is 3340. The first-order valence-corrected chi connectivity index (χ1v) is 42.5. The minimum Gasteiger partial charge on any atom is -0.444 e. The Labute approximate surface area is 698 Å². The first kappa shape index (κ1) is 105. The predicted molar refractivity (Wildman–Crippen MR) is 431 cm³/mol. The van der Waals surface area contributed by atoms with Crippen LogP contribution in [0.15, 0.2) is 121 Å². The van der Waals surface area contributed by atoms with Gasteiger partial charge in [0.05, 0.1) is 31.5 Å². The largest absolute Gasteiger partial charge is 0.444 e. The van der Waals surface area contributed by atoms with Crippen LogP contribution < -0.4 is 32.7 Å². The van der Waals surface area contributed by atoms with Crippen molar-refractivity contribution in [3.05, 3.63) is 144 Å². The molecule has 120 heavy (non-hydrogen) atoms. The van der Waals surface area contributed by atoms with Gasteiger partial charge in [-0.05, 0) is 161 Å². The van der Waals surface area contributed by atoms with Crippen molar-refractivity contribution < 1.29 is 123 Å². The molecule has 686 valence electrons. The molecule has 2 aliphatic heterocycles. The highest BCUT2D eigenvalue weighted by molar-refractivity contribution is 8.18. The molecular formula is C85H128F15N7O12S. The molecule has 4 aromatic carbocycles. The number of aliphatic hydroxyl groups excluding tert-OH is 5. The zero-order valence-corrected chi connectivity index (χ0v) is 70.7. The molecule has 18 atom stereocenters. The number of epoxide rings is 2. The zero-order valence-electron chi connectivity index (χ0n) is 69.9. The predicted octanol–water partition coefficient (Wildman–Crippen LogP) is 17.0. The average molecular weight is 1760 g/mol. The Kier molecular flexibility index (Phi) is 42.8. The van der Waals surface area contributed by atoms with Crippen molar-refractivity contribution in [2.24, 2.45) is 11.5 Å². The third kappa shape index (κ3) is 35.9. The number of alkyl halides is 12. The van der Waals surface area contributed by atoms with Crippen LogP contribution >= 0.6 is 11.4 Å². The first-order valence-electron chi connectivity index (χ1n) is 41.2. The Morgan fingerprint density at radius 1 is 0.475 bits per heavy atom. The molecule has 0 aromatic heterocycles. The Morgan fingerprint density at radius 2 is 0.792 bits per heavy atom. The quantitative estimate of drug-likeness (QED) is 0.0326. The molecule has 19 nitrogen and oxygen atoms in total. The van der Waals surface area contributed by atoms with Crippen LogP contribution in [0.5, 0.6) is 0 Å². The van der Waals surface area contributed by atoms with Gasteiger partial charge in [0.15, 0.2) is 5.78 Å². The number of aliphatic hydroxyl groups is 5. The van der Waals surface area contributed by atoms with Gasteiger partial charge in [-0.25, -0.2) is 57.5 Å². The molecule has 2 saturated heterocycles. The standard InChI is InChI=1S/3C14H19F2NO.C11H19F2NO3.C8H11N.C6H14F3NO2S.C6H11F2NO.C6H8F2O.C6H8O2/c3*1-10(11-6-3-2-4-7-11)17-12-8-5-9-14(15,16)13(12)18;1-10(2,3)17-9(16)14-7-5-4-6-11(12,13)8(7)15;1-7(9)8-5-3-2-4-6-8;1-11-5-3-10(4-6-12-2)13(7,8)9;7-6(8)3-1-2-4(9)5(6)10;7-6(8)3-1-2-4-5(6)9-4;7-4-2-1-3-5-6(4)8-5/h3*2-4,6-7,10,12-13,17-18H,5,8-9H2,1H3;7-8,15H,4-6H2,1-3H3,(H,14,16);2-7H,9H2,1H3;3-6H2,1-2H3;4-5,10H,1-3,9H2;4-5H,1-3H2;5-6H,1-3H2/t10-,12+,13-;2*10-,12-,13+;7-,8+;7-;;4-,5+;;/m11111.1../s1. The SMILES string of the molecule is CC(C)(C)OC(=O)N[C@@H]1CCCC(F)(F)[C@H]1O.COCCN(CCOC)S(F)(F)F.C[C@@H](N)c1ccccc1.C[C@@H](N[C@@H]1CCCC(F)(F)[C@H]1O)c1ccccc1.C[C@@H](N[C@@H]1CCCC(F)(F)[C@H]1O)c1ccccc1.C[C@@H](N[C@H]1CCCC(F)(F)[C@@H]1O)c1ccccc1.FC1(F)CCCC2OC21.N[C@@H]1CCCC(F)(F)[C@H]1O.O=C1CCCC2OC12. The highest BCUT2D eigenvalue weighted by Crippen LogP contribution is 2.56. The van der Waals surface area contributed by atoms with E-state index < -0.39 is 125 Å². The fourth-order valence-corrected chi connectivity index (χ4v) is 15.1. The third-order valence-corrected chi connectivity index (χ3v) is 22.7. The van der Waals surface area contributed by atoms with Gasteiger partial charge in [-0.1, -0.05) is 121 Å². The first-order chi connectivity index (χ1) is 56.1. The normalized spacial score (nSPS) is 29.2. The summed E-state index contributed by atoms with van der Waals surface area (Å²) in [6.07, 6.45) is -1.71. The van der Waals surface area contributed by atoms with Gasteiger partial charge in [0.2, 0.25) is 0 Å². The molecule has 35 heteroatoms. The van der Waals surface area contributed by atoms with Gasteiger partial charge in [0.25, 0.3) is 46.9 Å². The van der Waals surface area contributed by atoms with Gasteiger partial charge in [0, 0.05) is 121 Å². The van der Waals surface area contributed by atoms with Crippen molar-refractivity contribution in [2.45, 2.75) is 334 Å². The van der Waals surface area contributed by atoms with E-state index in [4.69, 9.17) is 30.8 Å². The van der Waals surface area contributed by atoms with E-state index in [2.05, 4.69) is 30.7 Å². The van der Waals surface area contributed by atoms with E-state index in [1.165, 1.54) is 19.8 Å².